The monoisotopic (exact) mass is 311 g/mol. The number of benzene rings is 2. The van der Waals surface area contributed by atoms with E-state index in [-0.39, 0.29) is 5.88 Å². The molecule has 1 aromatic heterocycles. The molecule has 2 aromatic carbocycles. The highest BCUT2D eigenvalue weighted by Gasteiger charge is 2.10. The van der Waals surface area contributed by atoms with Crippen LogP contribution in [-0.2, 0) is 0 Å². The molecule has 22 heavy (non-hydrogen) atoms. The molecule has 3 aromatic rings. The van der Waals surface area contributed by atoms with Gasteiger partial charge in [0.25, 0.3) is 0 Å². The molecule has 0 amide bonds. The Kier molecular flexibility index (Phi) is 4.02. The van der Waals surface area contributed by atoms with Crippen molar-refractivity contribution in [1.29, 1.82) is 5.41 Å². The summed E-state index contributed by atoms with van der Waals surface area (Å²) in [6, 6.07) is 17.0. The van der Waals surface area contributed by atoms with Gasteiger partial charge in [-0.15, -0.1) is 0 Å². The Bertz CT molecular complexity index is 770. The predicted molar refractivity (Wildman–Crippen MR) is 87.9 cm³/mol. The molecule has 0 saturated carbocycles. The molecule has 1 heterocycles. The summed E-state index contributed by atoms with van der Waals surface area (Å²) in [7, 11) is 0. The summed E-state index contributed by atoms with van der Waals surface area (Å²) < 4.78 is 9.53. The predicted octanol–water partition coefficient (Wildman–Crippen LogP) is 4.38. The molecule has 5 nitrogen and oxygen atoms in total. The summed E-state index contributed by atoms with van der Waals surface area (Å²) >= 11 is 1.11. The van der Waals surface area contributed by atoms with E-state index in [0.29, 0.717) is 10.6 Å². The first-order chi connectivity index (χ1) is 10.8. The molecule has 0 unspecified atom stereocenters. The van der Waals surface area contributed by atoms with Gasteiger partial charge in [-0.05, 0) is 47.9 Å². The van der Waals surface area contributed by atoms with Crippen LogP contribution in [-0.4, -0.2) is 15.7 Å². The van der Waals surface area contributed by atoms with E-state index in [9.17, 15) is 5.11 Å². The smallest absolute Gasteiger partial charge is 0.233 e. The van der Waals surface area contributed by atoms with Crippen molar-refractivity contribution in [2.45, 2.75) is 0 Å². The second-order valence-corrected chi connectivity index (χ2v) is 5.23. The highest BCUT2D eigenvalue weighted by Crippen LogP contribution is 2.31. The molecule has 0 fully saturated rings. The molecule has 0 radical (unpaired) electrons. The summed E-state index contributed by atoms with van der Waals surface area (Å²) in [5.41, 5.74) is 1.21. The molecule has 0 spiro atoms. The normalized spacial score (nSPS) is 10.2. The minimum Gasteiger partial charge on any atom is -0.492 e. The van der Waals surface area contributed by atoms with Crippen LogP contribution >= 0.6 is 11.5 Å². The molecule has 0 aliphatic heterocycles. The molecular formula is C16H13N3O2S. The van der Waals surface area contributed by atoms with Crippen LogP contribution in [0.25, 0.3) is 0 Å². The largest absolute Gasteiger partial charge is 0.492 e. The van der Waals surface area contributed by atoms with Gasteiger partial charge >= 0.3 is 0 Å². The van der Waals surface area contributed by atoms with Crippen molar-refractivity contribution in [3.8, 4) is 17.4 Å². The van der Waals surface area contributed by atoms with E-state index >= 15 is 0 Å². The van der Waals surface area contributed by atoms with Crippen molar-refractivity contribution < 1.29 is 9.84 Å². The number of nitrogens with one attached hydrogen (secondary N) is 2. The van der Waals surface area contributed by atoms with Crippen molar-refractivity contribution in [3.63, 3.8) is 0 Å². The lowest BCUT2D eigenvalue weighted by Gasteiger charge is -2.08. The zero-order chi connectivity index (χ0) is 15.4. The van der Waals surface area contributed by atoms with Gasteiger partial charge in [-0.2, -0.15) is 4.37 Å². The zero-order valence-electron chi connectivity index (χ0n) is 11.5. The van der Waals surface area contributed by atoms with Gasteiger partial charge in [0.15, 0.2) is 0 Å². The quantitative estimate of drug-likeness (QED) is 0.611. The number of anilines is 2. The fourth-order valence-corrected chi connectivity index (χ4v) is 2.56. The molecular weight excluding hydrogens is 298 g/mol. The van der Waals surface area contributed by atoms with Crippen LogP contribution in [0.4, 0.5) is 10.7 Å². The Hall–Kier alpha value is -2.86. The third-order valence-corrected chi connectivity index (χ3v) is 3.71. The number of nitrogens with zero attached hydrogens (tertiary/aromatic N) is 1. The number of rotatable bonds is 5. The van der Waals surface area contributed by atoms with Crippen LogP contribution in [0, 0.1) is 5.41 Å². The SMILES string of the molecule is N=Cc1c(O)nsc1Nc1ccc(Oc2ccccc2)cc1. The van der Waals surface area contributed by atoms with Gasteiger partial charge in [-0.25, -0.2) is 0 Å². The van der Waals surface area contributed by atoms with Gasteiger partial charge in [0.1, 0.15) is 16.5 Å². The minimum atomic E-state index is -0.133. The standard InChI is InChI=1S/C16H13N3O2S/c17-10-14-15(20)19-22-16(14)18-11-6-8-13(9-7-11)21-12-4-2-1-3-5-12/h1-10,17-18H,(H,19,20). The van der Waals surface area contributed by atoms with E-state index in [2.05, 4.69) is 9.69 Å². The molecule has 3 N–H and O–H groups in total. The fourth-order valence-electron chi connectivity index (χ4n) is 1.87. The van der Waals surface area contributed by atoms with Gasteiger partial charge < -0.3 is 20.6 Å². The van der Waals surface area contributed by atoms with Gasteiger partial charge in [-0.1, -0.05) is 18.2 Å². The lowest BCUT2D eigenvalue weighted by atomic mass is 10.3. The molecule has 110 valence electrons. The number of ether oxygens (including phenoxy) is 1. The van der Waals surface area contributed by atoms with Crippen molar-refractivity contribution in [3.05, 3.63) is 60.2 Å². The Morgan fingerprint density at radius 2 is 1.73 bits per heavy atom. The third kappa shape index (κ3) is 3.07. The molecule has 0 bridgehead atoms. The summed E-state index contributed by atoms with van der Waals surface area (Å²) in [5.74, 6) is 1.38. The molecule has 0 aliphatic carbocycles. The maximum absolute atomic E-state index is 9.51. The molecule has 0 atom stereocenters. The van der Waals surface area contributed by atoms with Crippen molar-refractivity contribution >= 4 is 28.4 Å². The van der Waals surface area contributed by atoms with Gasteiger partial charge in [0, 0.05) is 11.9 Å². The second kappa shape index (κ2) is 6.28. The molecule has 3 rings (SSSR count). The average Bonchev–Trinajstić information content (AvgIpc) is 2.90. The molecule has 0 aliphatic rings. The summed E-state index contributed by atoms with van der Waals surface area (Å²) in [6.07, 6.45) is 1.08. The Balaban J connectivity index is 1.73. The zero-order valence-corrected chi connectivity index (χ0v) is 12.3. The molecule has 0 saturated heterocycles. The van der Waals surface area contributed by atoms with Gasteiger partial charge in [0.05, 0.1) is 5.56 Å². The Morgan fingerprint density at radius 1 is 1.05 bits per heavy atom. The first kappa shape index (κ1) is 14.1. The maximum atomic E-state index is 9.51. The highest BCUT2D eigenvalue weighted by atomic mass is 32.1. The molecule has 6 heteroatoms. The highest BCUT2D eigenvalue weighted by molar-refractivity contribution is 7.10. The lowest BCUT2D eigenvalue weighted by Crippen LogP contribution is -1.91. The number of aromatic hydroxyl groups is 1. The Labute approximate surface area is 131 Å². The maximum Gasteiger partial charge on any atom is 0.233 e. The van der Waals surface area contributed by atoms with E-state index in [1.54, 1.807) is 0 Å². The van der Waals surface area contributed by atoms with Gasteiger partial charge in [0.2, 0.25) is 5.88 Å². The van der Waals surface area contributed by atoms with Crippen LogP contribution < -0.4 is 10.1 Å². The third-order valence-electron chi connectivity index (χ3n) is 2.94. The van der Waals surface area contributed by atoms with Crippen molar-refractivity contribution in [2.24, 2.45) is 0 Å². The van der Waals surface area contributed by atoms with E-state index in [0.717, 1.165) is 34.9 Å². The van der Waals surface area contributed by atoms with E-state index < -0.39 is 0 Å². The topological polar surface area (TPSA) is 78.2 Å². The summed E-state index contributed by atoms with van der Waals surface area (Å²) in [5, 5.41) is 20.5. The van der Waals surface area contributed by atoms with Crippen LogP contribution in [0.1, 0.15) is 5.56 Å². The second-order valence-electron chi connectivity index (χ2n) is 4.46. The number of hydrogen-bond donors (Lipinski definition) is 3. The average molecular weight is 311 g/mol. The first-order valence-electron chi connectivity index (χ1n) is 6.55. The lowest BCUT2D eigenvalue weighted by molar-refractivity contribution is 0.459. The van der Waals surface area contributed by atoms with Crippen LogP contribution in [0.3, 0.4) is 0 Å². The number of hydrogen-bond acceptors (Lipinski definition) is 6. The van der Waals surface area contributed by atoms with Gasteiger partial charge in [-0.3, -0.25) is 0 Å². The minimum absolute atomic E-state index is 0.133. The summed E-state index contributed by atoms with van der Waals surface area (Å²) in [4.78, 5) is 0. The fraction of sp³-hybridized carbons (Fsp3) is 0. The van der Waals surface area contributed by atoms with E-state index in [1.165, 1.54) is 0 Å². The number of aromatic nitrogens is 1. The van der Waals surface area contributed by atoms with E-state index in [4.69, 9.17) is 10.1 Å². The van der Waals surface area contributed by atoms with E-state index in [1.807, 2.05) is 54.6 Å². The van der Waals surface area contributed by atoms with Crippen molar-refractivity contribution in [2.75, 3.05) is 5.32 Å². The Morgan fingerprint density at radius 3 is 2.41 bits per heavy atom. The number of para-hydroxylation sites is 1. The first-order valence-corrected chi connectivity index (χ1v) is 7.32. The van der Waals surface area contributed by atoms with Crippen LogP contribution in [0.5, 0.6) is 17.4 Å². The van der Waals surface area contributed by atoms with Crippen molar-refractivity contribution in [1.82, 2.24) is 4.37 Å². The van der Waals surface area contributed by atoms with Crippen LogP contribution in [0.15, 0.2) is 54.6 Å². The van der Waals surface area contributed by atoms with Crippen LogP contribution in [0.2, 0.25) is 0 Å². The summed E-state index contributed by atoms with van der Waals surface area (Å²) in [6.45, 7) is 0.